The van der Waals surface area contributed by atoms with Crippen LogP contribution in [0.1, 0.15) is 18.4 Å². The Hall–Kier alpha value is -2.07. The topological polar surface area (TPSA) is 58.6 Å². The van der Waals surface area contributed by atoms with E-state index in [1.165, 1.54) is 0 Å². The van der Waals surface area contributed by atoms with Crippen LogP contribution in [0, 0.1) is 17.8 Å². The third-order valence-corrected chi connectivity index (χ3v) is 3.68. The number of halogens is 4. The summed E-state index contributed by atoms with van der Waals surface area (Å²) >= 11 is 5.70. The summed E-state index contributed by atoms with van der Waals surface area (Å²) in [5.74, 6) is 3.99. The largest absolute Gasteiger partial charge is 0.506 e. The summed E-state index contributed by atoms with van der Waals surface area (Å²) in [7, 11) is 0. The van der Waals surface area contributed by atoms with Crippen LogP contribution in [0.4, 0.5) is 23.7 Å². The molecule has 1 fully saturated rings. The van der Waals surface area contributed by atoms with Crippen LogP contribution < -0.4 is 5.32 Å². The number of benzene rings is 1. The maximum absolute atomic E-state index is 13.6. The van der Waals surface area contributed by atoms with Gasteiger partial charge >= 0.3 is 12.3 Å². The number of alkyl halides is 3. The molecule has 1 amide bonds. The Morgan fingerprint density at radius 1 is 1.41 bits per heavy atom. The van der Waals surface area contributed by atoms with Crippen LogP contribution in [-0.4, -0.2) is 17.4 Å². The Bertz CT molecular complexity index is 719. The average Bonchev–Trinajstić information content (AvgIpc) is 3.21. The molecule has 2 aliphatic rings. The van der Waals surface area contributed by atoms with Gasteiger partial charge < -0.3 is 9.84 Å². The first kappa shape index (κ1) is 14.9. The molecule has 0 bridgehead atoms. The van der Waals surface area contributed by atoms with E-state index in [-0.39, 0.29) is 16.6 Å². The van der Waals surface area contributed by atoms with E-state index in [1.54, 1.807) is 0 Å². The van der Waals surface area contributed by atoms with Crippen molar-refractivity contribution in [3.63, 3.8) is 0 Å². The lowest BCUT2D eigenvalue weighted by Crippen LogP contribution is -2.49. The molecule has 2 N–H and O–H groups in total. The van der Waals surface area contributed by atoms with Crippen LogP contribution in [0.2, 0.25) is 5.02 Å². The second-order valence-corrected chi connectivity index (χ2v) is 5.49. The predicted octanol–water partition coefficient (Wildman–Crippen LogP) is 3.78. The van der Waals surface area contributed by atoms with E-state index in [0.29, 0.717) is 0 Å². The number of fused-ring (bicyclic) bond motifs is 1. The lowest BCUT2D eigenvalue weighted by atomic mass is 9.90. The lowest BCUT2D eigenvalue weighted by Gasteiger charge is -2.35. The monoisotopic (exact) mass is 331 g/mol. The molecule has 3 rings (SSSR count). The molecular weight excluding hydrogens is 323 g/mol. The van der Waals surface area contributed by atoms with Crippen molar-refractivity contribution in [1.29, 1.82) is 0 Å². The number of phenolic OH excluding ortho intramolecular Hbond substituents is 1. The molecule has 4 nitrogen and oxygen atoms in total. The van der Waals surface area contributed by atoms with E-state index >= 15 is 0 Å². The van der Waals surface area contributed by atoms with Crippen LogP contribution in [0.5, 0.6) is 5.75 Å². The van der Waals surface area contributed by atoms with Crippen molar-refractivity contribution in [2.24, 2.45) is 5.92 Å². The SMILES string of the molecule is O=C1Nc2cc(O)c(Cl)cc2[C@](C#CC2CC2)(C(F)(F)F)O1. The van der Waals surface area contributed by atoms with Crippen LogP contribution >= 0.6 is 11.6 Å². The second kappa shape index (κ2) is 4.71. The Kier molecular flexibility index (Phi) is 3.18. The molecule has 0 saturated heterocycles. The second-order valence-electron chi connectivity index (χ2n) is 5.09. The molecule has 1 aliphatic carbocycles. The first-order valence-electron chi connectivity index (χ1n) is 6.35. The van der Waals surface area contributed by atoms with Crippen molar-refractivity contribution in [3.8, 4) is 17.6 Å². The van der Waals surface area contributed by atoms with Crippen LogP contribution in [0.3, 0.4) is 0 Å². The highest BCUT2D eigenvalue weighted by atomic mass is 35.5. The molecule has 0 radical (unpaired) electrons. The summed E-state index contributed by atoms with van der Waals surface area (Å²) in [4.78, 5) is 11.5. The zero-order chi connectivity index (χ0) is 16.1. The Morgan fingerprint density at radius 3 is 2.68 bits per heavy atom. The first-order chi connectivity index (χ1) is 10.2. The third kappa shape index (κ3) is 2.33. The van der Waals surface area contributed by atoms with Gasteiger partial charge in [0.05, 0.1) is 10.7 Å². The number of carbonyl (C=O) groups is 1. The van der Waals surface area contributed by atoms with Gasteiger partial charge in [0.2, 0.25) is 0 Å². The zero-order valence-corrected chi connectivity index (χ0v) is 11.7. The number of ether oxygens (including phenoxy) is 1. The minimum Gasteiger partial charge on any atom is -0.506 e. The number of hydrogen-bond donors (Lipinski definition) is 2. The Balaban J connectivity index is 2.24. The molecule has 1 heterocycles. The summed E-state index contributed by atoms with van der Waals surface area (Å²) in [5.41, 5.74) is -3.78. The number of aromatic hydroxyl groups is 1. The van der Waals surface area contributed by atoms with Gasteiger partial charge in [-0.1, -0.05) is 17.5 Å². The maximum atomic E-state index is 13.6. The van der Waals surface area contributed by atoms with Gasteiger partial charge in [-0.3, -0.25) is 5.32 Å². The summed E-state index contributed by atoms with van der Waals surface area (Å²) in [6.07, 6.45) is -4.81. The zero-order valence-electron chi connectivity index (χ0n) is 10.9. The van der Waals surface area contributed by atoms with E-state index < -0.39 is 29.2 Å². The van der Waals surface area contributed by atoms with Gasteiger partial charge in [-0.15, -0.1) is 0 Å². The van der Waals surface area contributed by atoms with Gasteiger partial charge in [0.1, 0.15) is 5.75 Å². The maximum Gasteiger partial charge on any atom is 0.445 e. The van der Waals surface area contributed by atoms with Crippen molar-refractivity contribution in [2.75, 3.05) is 5.32 Å². The number of hydrogen-bond acceptors (Lipinski definition) is 3. The van der Waals surface area contributed by atoms with E-state index in [4.69, 9.17) is 11.6 Å². The van der Waals surface area contributed by atoms with Crippen molar-refractivity contribution in [3.05, 3.63) is 22.7 Å². The van der Waals surface area contributed by atoms with Crippen LogP contribution in [0.25, 0.3) is 0 Å². The number of phenols is 1. The molecule has 0 aromatic heterocycles. The van der Waals surface area contributed by atoms with Gasteiger partial charge in [0, 0.05) is 17.5 Å². The van der Waals surface area contributed by atoms with E-state index in [0.717, 1.165) is 25.0 Å². The number of nitrogens with one attached hydrogen (secondary N) is 1. The smallest absolute Gasteiger partial charge is 0.445 e. The molecule has 1 saturated carbocycles. The highest BCUT2D eigenvalue weighted by molar-refractivity contribution is 6.32. The van der Waals surface area contributed by atoms with Crippen molar-refractivity contribution >= 4 is 23.4 Å². The summed E-state index contributed by atoms with van der Waals surface area (Å²) in [5, 5.41) is 11.3. The molecule has 116 valence electrons. The summed E-state index contributed by atoms with van der Waals surface area (Å²) in [6, 6.07) is 1.85. The van der Waals surface area contributed by atoms with Gasteiger partial charge in [-0.2, -0.15) is 13.2 Å². The standard InChI is InChI=1S/C14H9ClF3NO3/c15-9-5-8-10(6-11(9)20)19-12(21)22-13(8,14(16,17)18)4-3-7-1-2-7/h5-7,20H,1-2H2,(H,19,21)/t13-/m1/s1. The van der Waals surface area contributed by atoms with Crippen LogP contribution in [0.15, 0.2) is 12.1 Å². The molecule has 8 heteroatoms. The summed E-state index contributed by atoms with van der Waals surface area (Å²) < 4.78 is 45.5. The number of cyclic esters (lactones) is 1. The Morgan fingerprint density at radius 2 is 2.09 bits per heavy atom. The number of carbonyl (C=O) groups excluding carboxylic acids is 1. The molecule has 1 atom stereocenters. The minimum atomic E-state index is -4.96. The number of anilines is 1. The van der Waals surface area contributed by atoms with Crippen molar-refractivity contribution < 1.29 is 27.8 Å². The lowest BCUT2D eigenvalue weighted by molar-refractivity contribution is -0.239. The van der Waals surface area contributed by atoms with Crippen molar-refractivity contribution in [2.45, 2.75) is 24.6 Å². The first-order valence-corrected chi connectivity index (χ1v) is 6.73. The van der Waals surface area contributed by atoms with E-state index in [2.05, 4.69) is 21.9 Å². The summed E-state index contributed by atoms with van der Waals surface area (Å²) in [6.45, 7) is 0. The Labute approximate surface area is 128 Å². The third-order valence-electron chi connectivity index (χ3n) is 3.38. The molecule has 22 heavy (non-hydrogen) atoms. The highest BCUT2D eigenvalue weighted by Gasteiger charge is 2.62. The van der Waals surface area contributed by atoms with E-state index in [1.807, 2.05) is 0 Å². The number of rotatable bonds is 0. The van der Waals surface area contributed by atoms with Gasteiger partial charge in [-0.05, 0) is 24.8 Å². The quantitative estimate of drug-likeness (QED) is 0.711. The van der Waals surface area contributed by atoms with Crippen LogP contribution in [-0.2, 0) is 10.3 Å². The highest BCUT2D eigenvalue weighted by Crippen LogP contribution is 2.49. The molecule has 1 aliphatic heterocycles. The molecule has 0 spiro atoms. The fraction of sp³-hybridized carbons (Fsp3) is 0.357. The van der Waals surface area contributed by atoms with Gasteiger partial charge in [0.15, 0.2) is 0 Å². The molecule has 1 aromatic carbocycles. The molecule has 1 aromatic rings. The predicted molar refractivity (Wildman–Crippen MR) is 71.5 cm³/mol. The van der Waals surface area contributed by atoms with Crippen molar-refractivity contribution in [1.82, 2.24) is 0 Å². The average molecular weight is 332 g/mol. The minimum absolute atomic E-state index is 0.121. The normalized spacial score (nSPS) is 23.7. The number of amides is 1. The van der Waals surface area contributed by atoms with Gasteiger partial charge in [-0.25, -0.2) is 4.79 Å². The molecular formula is C14H9ClF3NO3. The fourth-order valence-electron chi connectivity index (χ4n) is 2.09. The molecule has 0 unspecified atom stereocenters. The van der Waals surface area contributed by atoms with E-state index in [9.17, 15) is 23.1 Å². The van der Waals surface area contributed by atoms with Gasteiger partial charge in [0.25, 0.3) is 5.60 Å². The fourth-order valence-corrected chi connectivity index (χ4v) is 2.26.